The van der Waals surface area contributed by atoms with Crippen LogP contribution in [0.2, 0.25) is 0 Å². The van der Waals surface area contributed by atoms with Crippen molar-refractivity contribution in [2.24, 2.45) is 0 Å². The zero-order chi connectivity index (χ0) is 13.1. The SMILES string of the molecule is Fc1cccc(CCOc2ccc3cc[nH]c3c2)c1. The maximum absolute atomic E-state index is 13.0. The Kier molecular flexibility index (Phi) is 3.19. The van der Waals surface area contributed by atoms with Crippen LogP contribution in [-0.2, 0) is 6.42 Å². The molecule has 0 amide bonds. The molecule has 3 heteroatoms. The van der Waals surface area contributed by atoms with Gasteiger partial charge in [-0.15, -0.1) is 0 Å². The summed E-state index contributed by atoms with van der Waals surface area (Å²) in [6.45, 7) is 0.537. The summed E-state index contributed by atoms with van der Waals surface area (Å²) in [6, 6.07) is 14.6. The van der Waals surface area contributed by atoms with Crippen LogP contribution in [-0.4, -0.2) is 11.6 Å². The summed E-state index contributed by atoms with van der Waals surface area (Å²) in [6.07, 6.45) is 2.60. The maximum atomic E-state index is 13.0. The first-order valence-corrected chi connectivity index (χ1v) is 6.26. The predicted molar refractivity (Wildman–Crippen MR) is 73.9 cm³/mol. The number of nitrogens with one attached hydrogen (secondary N) is 1. The minimum atomic E-state index is -0.203. The normalized spacial score (nSPS) is 10.8. The number of halogens is 1. The average Bonchev–Trinajstić information content (AvgIpc) is 2.86. The van der Waals surface area contributed by atoms with Crippen LogP contribution < -0.4 is 4.74 Å². The molecule has 3 rings (SSSR count). The number of aromatic amines is 1. The van der Waals surface area contributed by atoms with Gasteiger partial charge in [-0.1, -0.05) is 12.1 Å². The van der Waals surface area contributed by atoms with Crippen LogP contribution in [0.1, 0.15) is 5.56 Å². The van der Waals surface area contributed by atoms with E-state index in [-0.39, 0.29) is 5.82 Å². The predicted octanol–water partition coefficient (Wildman–Crippen LogP) is 3.93. The third-order valence-corrected chi connectivity index (χ3v) is 3.07. The molecule has 0 unspecified atom stereocenters. The Labute approximate surface area is 110 Å². The molecule has 0 spiro atoms. The molecule has 0 aliphatic rings. The number of aromatic nitrogens is 1. The molecule has 1 N–H and O–H groups in total. The van der Waals surface area contributed by atoms with Gasteiger partial charge in [-0.3, -0.25) is 0 Å². The van der Waals surface area contributed by atoms with Crippen molar-refractivity contribution in [3.8, 4) is 5.75 Å². The van der Waals surface area contributed by atoms with Gasteiger partial charge in [0, 0.05) is 24.2 Å². The van der Waals surface area contributed by atoms with E-state index in [1.807, 2.05) is 36.5 Å². The minimum Gasteiger partial charge on any atom is -0.493 e. The number of hydrogen-bond acceptors (Lipinski definition) is 1. The summed E-state index contributed by atoms with van der Waals surface area (Å²) in [7, 11) is 0. The summed E-state index contributed by atoms with van der Waals surface area (Å²) in [5.74, 6) is 0.622. The van der Waals surface area contributed by atoms with E-state index in [0.29, 0.717) is 13.0 Å². The van der Waals surface area contributed by atoms with Gasteiger partial charge in [0.2, 0.25) is 0 Å². The molecule has 1 aromatic heterocycles. The second-order valence-corrected chi connectivity index (χ2v) is 4.46. The van der Waals surface area contributed by atoms with E-state index in [0.717, 1.165) is 22.2 Å². The second-order valence-electron chi connectivity index (χ2n) is 4.46. The van der Waals surface area contributed by atoms with Gasteiger partial charge in [-0.05, 0) is 41.3 Å². The molecule has 0 atom stereocenters. The molecular weight excluding hydrogens is 241 g/mol. The van der Waals surface area contributed by atoms with Gasteiger partial charge < -0.3 is 9.72 Å². The van der Waals surface area contributed by atoms with Crippen molar-refractivity contribution in [3.63, 3.8) is 0 Å². The lowest BCUT2D eigenvalue weighted by Crippen LogP contribution is -2.01. The molecule has 0 saturated heterocycles. The lowest BCUT2D eigenvalue weighted by Gasteiger charge is -2.06. The average molecular weight is 255 g/mol. The molecule has 1 heterocycles. The number of ether oxygens (including phenoxy) is 1. The highest BCUT2D eigenvalue weighted by Crippen LogP contribution is 2.19. The monoisotopic (exact) mass is 255 g/mol. The smallest absolute Gasteiger partial charge is 0.123 e. The van der Waals surface area contributed by atoms with Gasteiger partial charge in [0.1, 0.15) is 11.6 Å². The van der Waals surface area contributed by atoms with Gasteiger partial charge in [0.05, 0.1) is 6.61 Å². The summed E-state index contributed by atoms with van der Waals surface area (Å²) < 4.78 is 18.7. The van der Waals surface area contributed by atoms with Crippen molar-refractivity contribution < 1.29 is 9.13 Å². The molecule has 0 aliphatic carbocycles. The zero-order valence-electron chi connectivity index (χ0n) is 10.4. The number of benzene rings is 2. The molecule has 0 radical (unpaired) electrons. The van der Waals surface area contributed by atoms with Crippen LogP contribution in [0.4, 0.5) is 4.39 Å². The molecule has 3 aromatic rings. The fraction of sp³-hybridized carbons (Fsp3) is 0.125. The van der Waals surface area contributed by atoms with E-state index in [1.54, 1.807) is 6.07 Å². The van der Waals surface area contributed by atoms with Gasteiger partial charge in [-0.25, -0.2) is 4.39 Å². The summed E-state index contributed by atoms with van der Waals surface area (Å²) in [5.41, 5.74) is 2.00. The third-order valence-electron chi connectivity index (χ3n) is 3.07. The molecule has 19 heavy (non-hydrogen) atoms. The zero-order valence-corrected chi connectivity index (χ0v) is 10.4. The number of H-pyrrole nitrogens is 1. The molecule has 2 aromatic carbocycles. The fourth-order valence-electron chi connectivity index (χ4n) is 2.10. The number of rotatable bonds is 4. The van der Waals surface area contributed by atoms with E-state index in [4.69, 9.17) is 4.74 Å². The van der Waals surface area contributed by atoms with E-state index in [2.05, 4.69) is 4.98 Å². The molecule has 0 saturated carbocycles. The topological polar surface area (TPSA) is 25.0 Å². The quantitative estimate of drug-likeness (QED) is 0.750. The van der Waals surface area contributed by atoms with Gasteiger partial charge >= 0.3 is 0 Å². The second kappa shape index (κ2) is 5.14. The van der Waals surface area contributed by atoms with Crippen LogP contribution in [0.5, 0.6) is 5.75 Å². The van der Waals surface area contributed by atoms with Crippen molar-refractivity contribution in [2.75, 3.05) is 6.61 Å². The van der Waals surface area contributed by atoms with Crippen molar-refractivity contribution in [2.45, 2.75) is 6.42 Å². The molecular formula is C16H14FNO. The Morgan fingerprint density at radius 2 is 2.00 bits per heavy atom. The summed E-state index contributed by atoms with van der Waals surface area (Å²) >= 11 is 0. The Morgan fingerprint density at radius 1 is 1.05 bits per heavy atom. The number of hydrogen-bond donors (Lipinski definition) is 1. The number of fused-ring (bicyclic) bond motifs is 1. The van der Waals surface area contributed by atoms with Crippen LogP contribution in [0, 0.1) is 5.82 Å². The van der Waals surface area contributed by atoms with E-state index in [9.17, 15) is 4.39 Å². The van der Waals surface area contributed by atoms with Gasteiger partial charge in [0.15, 0.2) is 0 Å². The highest BCUT2D eigenvalue weighted by atomic mass is 19.1. The Balaban J connectivity index is 1.62. The van der Waals surface area contributed by atoms with E-state index >= 15 is 0 Å². The van der Waals surface area contributed by atoms with E-state index in [1.165, 1.54) is 12.1 Å². The van der Waals surface area contributed by atoms with Gasteiger partial charge in [0.25, 0.3) is 0 Å². The Morgan fingerprint density at radius 3 is 2.89 bits per heavy atom. The Hall–Kier alpha value is -2.29. The van der Waals surface area contributed by atoms with Crippen LogP contribution in [0.25, 0.3) is 10.9 Å². The molecule has 0 bridgehead atoms. The van der Waals surface area contributed by atoms with Crippen LogP contribution in [0.3, 0.4) is 0 Å². The van der Waals surface area contributed by atoms with Crippen molar-refractivity contribution >= 4 is 10.9 Å². The first kappa shape index (κ1) is 11.8. The fourth-order valence-corrected chi connectivity index (χ4v) is 2.10. The summed E-state index contributed by atoms with van der Waals surface area (Å²) in [4.78, 5) is 3.15. The third kappa shape index (κ3) is 2.76. The van der Waals surface area contributed by atoms with Crippen LogP contribution in [0.15, 0.2) is 54.7 Å². The van der Waals surface area contributed by atoms with Crippen LogP contribution >= 0.6 is 0 Å². The standard InChI is InChI=1S/C16H14FNO/c17-14-3-1-2-12(10-14)7-9-19-15-5-4-13-6-8-18-16(13)11-15/h1-6,8,10-11,18H,7,9H2. The highest BCUT2D eigenvalue weighted by molar-refractivity contribution is 5.80. The maximum Gasteiger partial charge on any atom is 0.123 e. The summed E-state index contributed by atoms with van der Waals surface area (Å²) in [5, 5.41) is 1.16. The first-order valence-electron chi connectivity index (χ1n) is 6.26. The minimum absolute atomic E-state index is 0.203. The van der Waals surface area contributed by atoms with Gasteiger partial charge in [-0.2, -0.15) is 0 Å². The van der Waals surface area contributed by atoms with Crippen molar-refractivity contribution in [1.29, 1.82) is 0 Å². The molecule has 0 fully saturated rings. The molecule has 0 aliphatic heterocycles. The molecule has 96 valence electrons. The van der Waals surface area contributed by atoms with E-state index < -0.39 is 0 Å². The largest absolute Gasteiger partial charge is 0.493 e. The highest BCUT2D eigenvalue weighted by Gasteiger charge is 1.99. The lowest BCUT2D eigenvalue weighted by molar-refractivity contribution is 0.322. The first-order chi connectivity index (χ1) is 9.31. The lowest BCUT2D eigenvalue weighted by atomic mass is 10.1. The van der Waals surface area contributed by atoms with Crippen molar-refractivity contribution in [3.05, 3.63) is 66.1 Å². The van der Waals surface area contributed by atoms with Crippen molar-refractivity contribution in [1.82, 2.24) is 4.98 Å². The molecule has 2 nitrogen and oxygen atoms in total. The Bertz CT molecular complexity index is 690.